The van der Waals surface area contributed by atoms with E-state index in [0.717, 1.165) is 18.4 Å². The minimum absolute atomic E-state index is 0.488. The summed E-state index contributed by atoms with van der Waals surface area (Å²) < 4.78 is 0. The van der Waals surface area contributed by atoms with Gasteiger partial charge in [0, 0.05) is 0 Å². The number of rotatable bonds is 13. The third kappa shape index (κ3) is 8.46. The average Bonchev–Trinajstić information content (AvgIpc) is 2.53. The van der Waals surface area contributed by atoms with Crippen LogP contribution in [-0.2, 0) is 12.8 Å². The van der Waals surface area contributed by atoms with Crippen molar-refractivity contribution in [3.05, 3.63) is 29.3 Å². The summed E-state index contributed by atoms with van der Waals surface area (Å²) in [6, 6.07) is 6.23. The highest BCUT2D eigenvalue weighted by atomic mass is 16.3. The minimum atomic E-state index is 0.488. The van der Waals surface area contributed by atoms with Gasteiger partial charge in [-0.3, -0.25) is 0 Å². The molecule has 0 radical (unpaired) electrons. The lowest BCUT2D eigenvalue weighted by molar-refractivity contribution is 0.465. The van der Waals surface area contributed by atoms with Gasteiger partial charge in [-0.15, -0.1) is 0 Å². The summed E-state index contributed by atoms with van der Waals surface area (Å²) in [5.41, 5.74) is 2.55. The normalized spacial score (nSPS) is 11.0. The molecule has 1 nitrogen and oxygen atoms in total. The summed E-state index contributed by atoms with van der Waals surface area (Å²) in [4.78, 5) is 0. The number of phenols is 1. The Bertz CT molecular complexity index is 383. The highest BCUT2D eigenvalue weighted by Gasteiger charge is 2.03. The lowest BCUT2D eigenvalue weighted by Crippen LogP contribution is -1.92. The minimum Gasteiger partial charge on any atom is -0.508 e. The second-order valence-corrected chi connectivity index (χ2v) is 6.65. The first-order valence-electron chi connectivity index (χ1n) is 9.58. The smallest absolute Gasteiger partial charge is 0.118 e. The Kier molecular flexibility index (Phi) is 10.9. The molecule has 1 aromatic rings. The molecule has 0 bridgehead atoms. The van der Waals surface area contributed by atoms with Gasteiger partial charge in [0.2, 0.25) is 0 Å². The van der Waals surface area contributed by atoms with Crippen molar-refractivity contribution in [2.75, 3.05) is 0 Å². The van der Waals surface area contributed by atoms with Crippen LogP contribution in [0.2, 0.25) is 0 Å². The van der Waals surface area contributed by atoms with Crippen molar-refractivity contribution >= 4 is 0 Å². The predicted molar refractivity (Wildman–Crippen MR) is 97.6 cm³/mol. The van der Waals surface area contributed by atoms with Gasteiger partial charge >= 0.3 is 0 Å². The molecule has 0 fully saturated rings. The quantitative estimate of drug-likeness (QED) is 0.397. The van der Waals surface area contributed by atoms with E-state index < -0.39 is 0 Å². The molecule has 1 rings (SSSR count). The van der Waals surface area contributed by atoms with Crippen molar-refractivity contribution in [3.63, 3.8) is 0 Å². The van der Waals surface area contributed by atoms with Crippen LogP contribution in [-0.4, -0.2) is 5.11 Å². The molecule has 0 amide bonds. The number of phenolic OH excluding ortho intramolecular Hbond substituents is 1. The monoisotopic (exact) mass is 304 g/mol. The number of hydrogen-bond donors (Lipinski definition) is 1. The first-order valence-corrected chi connectivity index (χ1v) is 9.58. The van der Waals surface area contributed by atoms with Gasteiger partial charge in [0.15, 0.2) is 0 Å². The first-order chi connectivity index (χ1) is 10.8. The van der Waals surface area contributed by atoms with Gasteiger partial charge in [-0.05, 0) is 42.9 Å². The standard InChI is InChI=1S/C21H36O/c1-3-5-7-9-11-12-14-19-16-17-21(22)20(18-19)15-13-10-8-6-4-2/h16-18,22H,3-15H2,1-2H3. The summed E-state index contributed by atoms with van der Waals surface area (Å²) in [6.45, 7) is 4.51. The number of aryl methyl sites for hydroxylation is 2. The Morgan fingerprint density at radius 2 is 1.23 bits per heavy atom. The molecule has 0 saturated heterocycles. The molecular formula is C21H36O. The van der Waals surface area contributed by atoms with Gasteiger partial charge in [-0.2, -0.15) is 0 Å². The molecule has 126 valence electrons. The molecular weight excluding hydrogens is 268 g/mol. The Balaban J connectivity index is 2.28. The fourth-order valence-corrected chi connectivity index (χ4v) is 3.02. The first kappa shape index (κ1) is 19.1. The number of benzene rings is 1. The summed E-state index contributed by atoms with van der Waals surface area (Å²) in [7, 11) is 0. The van der Waals surface area contributed by atoms with Crippen LogP contribution in [0.3, 0.4) is 0 Å². The molecule has 0 aliphatic carbocycles. The highest BCUT2D eigenvalue weighted by Crippen LogP contribution is 2.22. The van der Waals surface area contributed by atoms with Crippen molar-refractivity contribution in [1.29, 1.82) is 0 Å². The van der Waals surface area contributed by atoms with Crippen molar-refractivity contribution in [3.8, 4) is 5.75 Å². The SMILES string of the molecule is CCCCCCCCc1ccc(O)c(CCCCCCC)c1. The third-order valence-corrected chi connectivity index (χ3v) is 4.51. The maximum absolute atomic E-state index is 10.0. The molecule has 1 N–H and O–H groups in total. The Hall–Kier alpha value is -0.980. The molecule has 22 heavy (non-hydrogen) atoms. The van der Waals surface area contributed by atoms with Crippen molar-refractivity contribution in [2.45, 2.75) is 97.3 Å². The van der Waals surface area contributed by atoms with E-state index in [2.05, 4.69) is 26.0 Å². The third-order valence-electron chi connectivity index (χ3n) is 4.51. The van der Waals surface area contributed by atoms with E-state index in [0.29, 0.717) is 5.75 Å². The highest BCUT2D eigenvalue weighted by molar-refractivity contribution is 5.36. The fraction of sp³-hybridized carbons (Fsp3) is 0.714. The lowest BCUT2D eigenvalue weighted by Gasteiger charge is -2.08. The van der Waals surface area contributed by atoms with E-state index in [1.807, 2.05) is 6.07 Å². The number of hydrogen-bond acceptors (Lipinski definition) is 1. The molecule has 0 heterocycles. The zero-order chi connectivity index (χ0) is 16.0. The lowest BCUT2D eigenvalue weighted by atomic mass is 9.99. The van der Waals surface area contributed by atoms with E-state index >= 15 is 0 Å². The summed E-state index contributed by atoms with van der Waals surface area (Å²) in [6.07, 6.45) is 16.7. The Labute approximate surface area is 138 Å². The van der Waals surface area contributed by atoms with Crippen LogP contribution in [0.5, 0.6) is 5.75 Å². The number of aromatic hydroxyl groups is 1. The number of unbranched alkanes of at least 4 members (excludes halogenated alkanes) is 9. The predicted octanol–water partition coefficient (Wildman–Crippen LogP) is 6.81. The summed E-state index contributed by atoms with van der Waals surface area (Å²) in [5.74, 6) is 0.488. The molecule has 0 saturated carbocycles. The van der Waals surface area contributed by atoms with Crippen LogP contribution in [0.25, 0.3) is 0 Å². The molecule has 0 aliphatic heterocycles. The van der Waals surface area contributed by atoms with Crippen molar-refractivity contribution in [1.82, 2.24) is 0 Å². The van der Waals surface area contributed by atoms with Gasteiger partial charge in [-0.25, -0.2) is 0 Å². The summed E-state index contributed by atoms with van der Waals surface area (Å²) in [5, 5.41) is 10.0. The van der Waals surface area contributed by atoms with E-state index in [1.54, 1.807) is 0 Å². The average molecular weight is 305 g/mol. The largest absolute Gasteiger partial charge is 0.508 e. The van der Waals surface area contributed by atoms with Crippen LogP contribution < -0.4 is 0 Å². The van der Waals surface area contributed by atoms with Crippen LogP contribution in [0, 0.1) is 0 Å². The zero-order valence-corrected chi connectivity index (χ0v) is 14.9. The molecule has 0 atom stereocenters. The molecule has 1 aromatic carbocycles. The van der Waals surface area contributed by atoms with E-state index in [9.17, 15) is 5.11 Å². The molecule has 0 aliphatic rings. The van der Waals surface area contributed by atoms with Gasteiger partial charge in [0.25, 0.3) is 0 Å². The van der Waals surface area contributed by atoms with Gasteiger partial charge < -0.3 is 5.11 Å². The van der Waals surface area contributed by atoms with Crippen LogP contribution in [0.1, 0.15) is 95.6 Å². The Morgan fingerprint density at radius 3 is 1.86 bits per heavy atom. The second-order valence-electron chi connectivity index (χ2n) is 6.65. The fourth-order valence-electron chi connectivity index (χ4n) is 3.02. The topological polar surface area (TPSA) is 20.2 Å². The van der Waals surface area contributed by atoms with E-state index in [1.165, 1.54) is 76.2 Å². The van der Waals surface area contributed by atoms with Crippen molar-refractivity contribution in [2.24, 2.45) is 0 Å². The Morgan fingerprint density at radius 1 is 0.682 bits per heavy atom. The van der Waals surface area contributed by atoms with Gasteiger partial charge in [-0.1, -0.05) is 83.8 Å². The molecule has 1 heteroatoms. The van der Waals surface area contributed by atoms with E-state index in [4.69, 9.17) is 0 Å². The van der Waals surface area contributed by atoms with Crippen LogP contribution in [0.4, 0.5) is 0 Å². The summed E-state index contributed by atoms with van der Waals surface area (Å²) >= 11 is 0. The maximum Gasteiger partial charge on any atom is 0.118 e. The van der Waals surface area contributed by atoms with Crippen molar-refractivity contribution < 1.29 is 5.11 Å². The van der Waals surface area contributed by atoms with Gasteiger partial charge in [0.05, 0.1) is 0 Å². The second kappa shape index (κ2) is 12.6. The molecule has 0 spiro atoms. The van der Waals surface area contributed by atoms with Crippen LogP contribution >= 0.6 is 0 Å². The zero-order valence-electron chi connectivity index (χ0n) is 14.9. The van der Waals surface area contributed by atoms with Crippen LogP contribution in [0.15, 0.2) is 18.2 Å². The maximum atomic E-state index is 10.0. The molecule has 0 unspecified atom stereocenters. The van der Waals surface area contributed by atoms with E-state index in [-0.39, 0.29) is 0 Å². The van der Waals surface area contributed by atoms with Gasteiger partial charge in [0.1, 0.15) is 5.75 Å². The molecule has 0 aromatic heterocycles.